The highest BCUT2D eigenvalue weighted by Gasteiger charge is 2.62. The minimum Gasteiger partial charge on any atom is -0.448 e. The van der Waals surface area contributed by atoms with Gasteiger partial charge >= 0.3 is 0 Å². The number of nitrogens with zero attached hydrogens (tertiary/aromatic N) is 1. The summed E-state index contributed by atoms with van der Waals surface area (Å²) in [6.45, 7) is 4.89. The molecule has 5 heteroatoms. The van der Waals surface area contributed by atoms with Crippen LogP contribution in [0.25, 0.3) is 0 Å². The summed E-state index contributed by atoms with van der Waals surface area (Å²) in [6, 6.07) is 1.91. The summed E-state index contributed by atoms with van der Waals surface area (Å²) in [7, 11) is 4.44. The van der Waals surface area contributed by atoms with Crippen molar-refractivity contribution in [2.75, 3.05) is 20.6 Å². The Kier molecular flexibility index (Phi) is 3.47. The van der Waals surface area contributed by atoms with Gasteiger partial charge in [0.1, 0.15) is 0 Å². The average Bonchev–Trinajstić information content (AvgIpc) is 3.03. The molecule has 146 valence electrons. The zero-order valence-corrected chi connectivity index (χ0v) is 16.9. The summed E-state index contributed by atoms with van der Waals surface area (Å²) in [5.41, 5.74) is 3.35. The van der Waals surface area contributed by atoms with Gasteiger partial charge in [0.05, 0.1) is 0 Å². The van der Waals surface area contributed by atoms with Crippen LogP contribution in [0.2, 0.25) is 0 Å². The lowest BCUT2D eigenvalue weighted by Gasteiger charge is -2.59. The van der Waals surface area contributed by atoms with Gasteiger partial charge in [0, 0.05) is 30.0 Å². The summed E-state index contributed by atoms with van der Waals surface area (Å²) in [6.07, 6.45) is 7.87. The predicted molar refractivity (Wildman–Crippen MR) is 103 cm³/mol. The standard InChI is InChI=1S/C22H30N2O3/c1-14-15-5-12-23-19(25)16(15)13-17-18(14)27-20(2,26-17)21-6-9-22(10-7-21,11-8-21)24(3)4/h13H,5-12H2,1-4H3,(H,23,25). The first-order valence-corrected chi connectivity index (χ1v) is 10.3. The number of ether oxygens (including phenoxy) is 2. The van der Waals surface area contributed by atoms with Gasteiger partial charge in [0.25, 0.3) is 11.7 Å². The molecule has 1 aromatic carbocycles. The number of carbonyl (C=O) groups is 1. The minimum absolute atomic E-state index is 0.00335. The zero-order chi connectivity index (χ0) is 19.0. The van der Waals surface area contributed by atoms with Crippen molar-refractivity contribution in [3.05, 3.63) is 22.8 Å². The van der Waals surface area contributed by atoms with Crippen molar-refractivity contribution in [2.24, 2.45) is 5.41 Å². The molecule has 5 nitrogen and oxygen atoms in total. The number of nitrogens with one attached hydrogen (secondary N) is 1. The van der Waals surface area contributed by atoms with Gasteiger partial charge in [-0.15, -0.1) is 0 Å². The summed E-state index contributed by atoms with van der Waals surface area (Å²) in [5.74, 6) is 0.966. The largest absolute Gasteiger partial charge is 0.448 e. The highest BCUT2D eigenvalue weighted by Crippen LogP contribution is 2.62. The first kappa shape index (κ1) is 17.4. The Morgan fingerprint density at radius 1 is 1.07 bits per heavy atom. The van der Waals surface area contributed by atoms with Crippen molar-refractivity contribution in [1.82, 2.24) is 10.2 Å². The molecular weight excluding hydrogens is 340 g/mol. The fraction of sp³-hybridized carbons (Fsp3) is 0.682. The van der Waals surface area contributed by atoms with E-state index in [-0.39, 0.29) is 11.3 Å². The maximum Gasteiger partial charge on any atom is 0.254 e. The Balaban J connectivity index is 1.49. The average molecular weight is 370 g/mol. The molecule has 0 saturated heterocycles. The van der Waals surface area contributed by atoms with E-state index in [1.165, 1.54) is 19.3 Å². The monoisotopic (exact) mass is 370 g/mol. The van der Waals surface area contributed by atoms with E-state index in [4.69, 9.17) is 9.47 Å². The lowest BCUT2D eigenvalue weighted by Crippen LogP contribution is -2.62. The first-order valence-electron chi connectivity index (χ1n) is 10.3. The Morgan fingerprint density at radius 3 is 2.37 bits per heavy atom. The Labute approximate surface area is 161 Å². The quantitative estimate of drug-likeness (QED) is 0.867. The lowest BCUT2D eigenvalue weighted by molar-refractivity contribution is -0.211. The van der Waals surface area contributed by atoms with E-state index in [0.29, 0.717) is 12.1 Å². The van der Waals surface area contributed by atoms with Gasteiger partial charge in [0.15, 0.2) is 11.5 Å². The van der Waals surface area contributed by atoms with Crippen LogP contribution in [-0.2, 0) is 6.42 Å². The molecule has 1 unspecified atom stereocenters. The SMILES string of the molecule is Cc1c2c(cc3c1OC(C)(C14CCC(N(C)C)(CC1)CC4)O3)C(=O)NCC2. The molecule has 0 aromatic heterocycles. The molecule has 1 amide bonds. The van der Waals surface area contributed by atoms with Gasteiger partial charge in [0.2, 0.25) is 0 Å². The Morgan fingerprint density at radius 2 is 1.74 bits per heavy atom. The van der Waals surface area contributed by atoms with Crippen LogP contribution < -0.4 is 14.8 Å². The van der Waals surface area contributed by atoms with Gasteiger partial charge in [-0.25, -0.2) is 0 Å². The van der Waals surface area contributed by atoms with Crippen LogP contribution in [0.1, 0.15) is 66.9 Å². The number of fused-ring (bicyclic) bond motifs is 5. The third-order valence-corrected chi connectivity index (χ3v) is 8.24. The molecule has 0 radical (unpaired) electrons. The fourth-order valence-electron chi connectivity index (χ4n) is 6.09. The van der Waals surface area contributed by atoms with E-state index in [1.54, 1.807) is 0 Å². The molecule has 3 fully saturated rings. The van der Waals surface area contributed by atoms with Crippen molar-refractivity contribution >= 4 is 5.91 Å². The molecule has 3 aliphatic carbocycles. The van der Waals surface area contributed by atoms with Gasteiger partial charge < -0.3 is 19.7 Å². The molecule has 2 aliphatic heterocycles. The number of hydrogen-bond donors (Lipinski definition) is 1. The Bertz CT molecular complexity index is 807. The van der Waals surface area contributed by atoms with Gasteiger partial charge in [-0.2, -0.15) is 0 Å². The molecule has 3 saturated carbocycles. The molecule has 6 rings (SSSR count). The summed E-state index contributed by atoms with van der Waals surface area (Å²) >= 11 is 0. The van der Waals surface area contributed by atoms with E-state index < -0.39 is 5.79 Å². The van der Waals surface area contributed by atoms with Crippen LogP contribution in [0.5, 0.6) is 11.5 Å². The topological polar surface area (TPSA) is 50.8 Å². The maximum atomic E-state index is 12.3. The van der Waals surface area contributed by atoms with Crippen molar-refractivity contribution < 1.29 is 14.3 Å². The number of amides is 1. The van der Waals surface area contributed by atoms with Crippen LogP contribution >= 0.6 is 0 Å². The molecule has 2 bridgehead atoms. The van der Waals surface area contributed by atoms with Crippen LogP contribution in [0.3, 0.4) is 0 Å². The second-order valence-electron chi connectivity index (χ2n) is 9.41. The maximum absolute atomic E-state index is 12.3. The molecule has 1 N–H and O–H groups in total. The highest BCUT2D eigenvalue weighted by molar-refractivity contribution is 5.98. The minimum atomic E-state index is -0.639. The van der Waals surface area contributed by atoms with E-state index in [0.717, 1.165) is 53.9 Å². The second-order valence-corrected chi connectivity index (χ2v) is 9.41. The molecule has 2 heterocycles. The van der Waals surface area contributed by atoms with E-state index in [9.17, 15) is 4.79 Å². The van der Waals surface area contributed by atoms with Crippen LogP contribution in [-0.4, -0.2) is 42.8 Å². The summed E-state index contributed by atoms with van der Waals surface area (Å²) in [4.78, 5) is 14.7. The molecule has 5 aliphatic rings. The summed E-state index contributed by atoms with van der Waals surface area (Å²) in [5, 5.41) is 2.94. The van der Waals surface area contributed by atoms with E-state index in [1.807, 2.05) is 6.07 Å². The van der Waals surface area contributed by atoms with Crippen LogP contribution in [0, 0.1) is 12.3 Å². The summed E-state index contributed by atoms with van der Waals surface area (Å²) < 4.78 is 13.1. The first-order chi connectivity index (χ1) is 12.8. The zero-order valence-electron chi connectivity index (χ0n) is 16.9. The molecular formula is C22H30N2O3. The number of rotatable bonds is 2. The normalized spacial score (nSPS) is 36.7. The van der Waals surface area contributed by atoms with Crippen LogP contribution in [0.15, 0.2) is 6.07 Å². The predicted octanol–water partition coefficient (Wildman–Crippen LogP) is 3.42. The van der Waals surface area contributed by atoms with Crippen molar-refractivity contribution in [2.45, 2.75) is 70.1 Å². The third kappa shape index (κ3) is 2.18. The number of carbonyl (C=O) groups excluding carboxylic acids is 1. The number of hydrogen-bond acceptors (Lipinski definition) is 4. The Hall–Kier alpha value is -1.75. The molecule has 27 heavy (non-hydrogen) atoms. The van der Waals surface area contributed by atoms with Crippen LogP contribution in [0.4, 0.5) is 0 Å². The number of benzene rings is 1. The van der Waals surface area contributed by atoms with E-state index in [2.05, 4.69) is 38.2 Å². The van der Waals surface area contributed by atoms with E-state index >= 15 is 0 Å². The lowest BCUT2D eigenvalue weighted by atomic mass is 9.54. The van der Waals surface area contributed by atoms with Crippen molar-refractivity contribution in [1.29, 1.82) is 0 Å². The van der Waals surface area contributed by atoms with Crippen molar-refractivity contribution in [3.8, 4) is 11.5 Å². The molecule has 1 atom stereocenters. The van der Waals surface area contributed by atoms with Crippen molar-refractivity contribution in [3.63, 3.8) is 0 Å². The third-order valence-electron chi connectivity index (χ3n) is 8.24. The van der Waals surface area contributed by atoms with Gasteiger partial charge in [-0.3, -0.25) is 4.79 Å². The van der Waals surface area contributed by atoms with Gasteiger partial charge in [-0.1, -0.05) is 0 Å². The highest BCUT2D eigenvalue weighted by atomic mass is 16.7. The van der Waals surface area contributed by atoms with Gasteiger partial charge in [-0.05, 0) is 83.2 Å². The second kappa shape index (κ2) is 5.40. The molecule has 1 aromatic rings. The fourth-order valence-corrected chi connectivity index (χ4v) is 6.09. The molecule has 0 spiro atoms. The smallest absolute Gasteiger partial charge is 0.254 e.